The van der Waals surface area contributed by atoms with Crippen LogP contribution < -0.4 is 0 Å². The lowest BCUT2D eigenvalue weighted by atomic mass is 9.41. The van der Waals surface area contributed by atoms with Crippen LogP contribution in [0, 0.1) is 0 Å². The summed E-state index contributed by atoms with van der Waals surface area (Å²) in [5, 5.41) is 0. The van der Waals surface area contributed by atoms with Gasteiger partial charge in [-0.1, -0.05) is 136 Å². The molecular weight excluding hydrogens is 263 g/mol. The molecule has 0 aromatic heterocycles. The zero-order chi connectivity index (χ0) is 16.3. The molecule has 0 radical (unpaired) electrons. The first-order valence-electron chi connectivity index (χ1n) is 10.8. The summed E-state index contributed by atoms with van der Waals surface area (Å²) in [6.07, 6.45) is 26.3. The first-order chi connectivity index (χ1) is 10.8. The molecule has 0 spiro atoms. The van der Waals surface area contributed by atoms with Gasteiger partial charge in [-0.3, -0.25) is 0 Å². The molecule has 0 nitrogen and oxygen atoms in total. The second kappa shape index (κ2) is 19.1. The number of hydrogen-bond acceptors (Lipinski definition) is 0. The summed E-state index contributed by atoms with van der Waals surface area (Å²) >= 11 is 0. The maximum atomic E-state index is 2.31. The predicted molar refractivity (Wildman–Crippen MR) is 106 cm³/mol. The maximum Gasteiger partial charge on any atom is 0.139 e. The second-order valence-electron chi connectivity index (χ2n) is 7.47. The van der Waals surface area contributed by atoms with E-state index in [1.165, 1.54) is 115 Å². The van der Waals surface area contributed by atoms with Crippen molar-refractivity contribution in [2.75, 3.05) is 0 Å². The Kier molecular flexibility index (Phi) is 19.2. The first-order valence-corrected chi connectivity index (χ1v) is 10.8. The fourth-order valence-corrected chi connectivity index (χ4v) is 3.54. The third kappa shape index (κ3) is 16.4. The van der Waals surface area contributed by atoms with Crippen LogP contribution >= 0.6 is 0 Å². The Morgan fingerprint density at radius 3 is 0.909 bits per heavy atom. The molecule has 0 aliphatic carbocycles. The minimum Gasteiger partial charge on any atom is -0.0741 e. The van der Waals surface area contributed by atoms with Crippen molar-refractivity contribution in [3.05, 3.63) is 0 Å². The molecule has 1 heteroatoms. The molecule has 0 aromatic rings. The summed E-state index contributed by atoms with van der Waals surface area (Å²) in [7, 11) is 0. The highest BCUT2D eigenvalue weighted by atomic mass is 14.0. The molecule has 0 aliphatic heterocycles. The average Bonchev–Trinajstić information content (AvgIpc) is 2.53. The monoisotopic (exact) mass is 308 g/mol. The number of rotatable bonds is 18. The lowest BCUT2D eigenvalue weighted by molar-refractivity contribution is 0.636. The Balaban J connectivity index is 3.72. The third-order valence-corrected chi connectivity index (χ3v) is 5.15. The van der Waals surface area contributed by atoms with Crippen molar-refractivity contribution in [1.29, 1.82) is 0 Å². The van der Waals surface area contributed by atoms with E-state index in [1.807, 2.05) is 0 Å². The van der Waals surface area contributed by atoms with E-state index in [4.69, 9.17) is 0 Å². The smallest absolute Gasteiger partial charge is 0.0741 e. The van der Waals surface area contributed by atoms with Crippen LogP contribution in [0.25, 0.3) is 0 Å². The fraction of sp³-hybridized carbons (Fsp3) is 1.00. The van der Waals surface area contributed by atoms with Crippen LogP contribution in [0.1, 0.15) is 117 Å². The Labute approximate surface area is 143 Å². The van der Waals surface area contributed by atoms with Crippen molar-refractivity contribution in [1.82, 2.24) is 0 Å². The van der Waals surface area contributed by atoms with Crippen molar-refractivity contribution in [3.8, 4) is 0 Å². The van der Waals surface area contributed by atoms with Gasteiger partial charge >= 0.3 is 0 Å². The van der Waals surface area contributed by atoms with Gasteiger partial charge in [0.15, 0.2) is 0 Å². The van der Waals surface area contributed by atoms with Crippen LogP contribution in [0.2, 0.25) is 19.0 Å². The molecule has 0 fully saturated rings. The van der Waals surface area contributed by atoms with Crippen LogP contribution in [0.4, 0.5) is 0 Å². The highest BCUT2D eigenvalue weighted by molar-refractivity contribution is 6.58. The van der Waals surface area contributed by atoms with Gasteiger partial charge < -0.3 is 0 Å². The van der Waals surface area contributed by atoms with E-state index in [2.05, 4.69) is 20.8 Å². The zero-order valence-corrected chi connectivity index (χ0v) is 16.3. The molecule has 0 saturated heterocycles. The molecule has 132 valence electrons. The molecule has 0 N–H and O–H groups in total. The van der Waals surface area contributed by atoms with Gasteiger partial charge in [0, 0.05) is 0 Å². The highest BCUT2D eigenvalue weighted by Gasteiger charge is 2.12. The third-order valence-electron chi connectivity index (χ3n) is 5.15. The van der Waals surface area contributed by atoms with Crippen molar-refractivity contribution in [2.45, 2.75) is 136 Å². The van der Waals surface area contributed by atoms with Crippen LogP contribution in [-0.2, 0) is 0 Å². The van der Waals surface area contributed by atoms with E-state index < -0.39 is 0 Å². The van der Waals surface area contributed by atoms with E-state index >= 15 is 0 Å². The molecule has 0 rings (SSSR count). The van der Waals surface area contributed by atoms with Crippen molar-refractivity contribution >= 4 is 6.71 Å². The Bertz CT molecular complexity index is 157. The minimum atomic E-state index is 1.05. The van der Waals surface area contributed by atoms with Gasteiger partial charge in [-0.2, -0.15) is 0 Å². The van der Waals surface area contributed by atoms with Gasteiger partial charge in [0.25, 0.3) is 0 Å². The summed E-state index contributed by atoms with van der Waals surface area (Å²) in [4.78, 5) is 0. The van der Waals surface area contributed by atoms with Crippen molar-refractivity contribution in [2.24, 2.45) is 0 Å². The van der Waals surface area contributed by atoms with Gasteiger partial charge in [0.05, 0.1) is 0 Å². The molecule has 22 heavy (non-hydrogen) atoms. The molecule has 0 heterocycles. The van der Waals surface area contributed by atoms with Gasteiger partial charge in [0.1, 0.15) is 6.71 Å². The van der Waals surface area contributed by atoms with Crippen molar-refractivity contribution in [3.63, 3.8) is 0 Å². The summed E-state index contributed by atoms with van der Waals surface area (Å²) in [5.41, 5.74) is 0. The van der Waals surface area contributed by atoms with E-state index in [-0.39, 0.29) is 0 Å². The normalized spacial score (nSPS) is 11.0. The van der Waals surface area contributed by atoms with Gasteiger partial charge in [-0.05, 0) is 0 Å². The lowest BCUT2D eigenvalue weighted by Crippen LogP contribution is -2.12. The van der Waals surface area contributed by atoms with Gasteiger partial charge in [0.2, 0.25) is 0 Å². The molecule has 0 saturated carbocycles. The van der Waals surface area contributed by atoms with Crippen LogP contribution in [-0.4, -0.2) is 6.71 Å². The molecule has 0 aromatic carbocycles. The Morgan fingerprint density at radius 1 is 0.364 bits per heavy atom. The molecule has 0 bridgehead atoms. The highest BCUT2D eigenvalue weighted by Crippen LogP contribution is 2.20. The minimum absolute atomic E-state index is 1.05. The first kappa shape index (κ1) is 22.1. The zero-order valence-electron chi connectivity index (χ0n) is 16.3. The summed E-state index contributed by atoms with van der Waals surface area (Å²) in [5.74, 6) is 0. The number of unbranched alkanes of at least 4 members (excludes halogenated alkanes) is 12. The van der Waals surface area contributed by atoms with E-state index in [1.54, 1.807) is 0 Å². The molecule has 0 unspecified atom stereocenters. The average molecular weight is 308 g/mol. The van der Waals surface area contributed by atoms with Gasteiger partial charge in [-0.15, -0.1) is 0 Å². The summed E-state index contributed by atoms with van der Waals surface area (Å²) in [6, 6.07) is 0. The fourth-order valence-electron chi connectivity index (χ4n) is 3.54. The Morgan fingerprint density at radius 2 is 0.636 bits per heavy atom. The SMILES string of the molecule is CCCCCCCB(CCCCCCC)CCCCCCC. The predicted octanol–water partition coefficient (Wildman–Crippen LogP) is 8.39. The number of hydrogen-bond donors (Lipinski definition) is 0. The summed E-state index contributed by atoms with van der Waals surface area (Å²) in [6.45, 7) is 7.99. The van der Waals surface area contributed by atoms with Crippen LogP contribution in [0.3, 0.4) is 0 Å². The quantitative estimate of drug-likeness (QED) is 0.176. The van der Waals surface area contributed by atoms with E-state index in [9.17, 15) is 0 Å². The van der Waals surface area contributed by atoms with E-state index in [0.717, 1.165) is 6.71 Å². The topological polar surface area (TPSA) is 0 Å². The largest absolute Gasteiger partial charge is 0.139 e. The Hall–Kier alpha value is 0.0649. The lowest BCUT2D eigenvalue weighted by Gasteiger charge is -2.14. The standard InChI is InChI=1S/C21H45B/c1-4-7-10-13-16-19-22(20-17-14-11-8-5-2)21-18-15-12-9-6-3/h4-21H2,1-3H3. The van der Waals surface area contributed by atoms with E-state index in [0.29, 0.717) is 0 Å². The van der Waals surface area contributed by atoms with Crippen molar-refractivity contribution < 1.29 is 0 Å². The van der Waals surface area contributed by atoms with Gasteiger partial charge in [-0.25, -0.2) is 0 Å². The molecule has 0 aliphatic rings. The summed E-state index contributed by atoms with van der Waals surface area (Å²) < 4.78 is 0. The molecule has 0 amide bonds. The van der Waals surface area contributed by atoms with Crippen LogP contribution in [0.15, 0.2) is 0 Å². The second-order valence-corrected chi connectivity index (χ2v) is 7.47. The maximum absolute atomic E-state index is 2.31. The molecular formula is C21H45B. The molecule has 0 atom stereocenters. The van der Waals surface area contributed by atoms with Crippen LogP contribution in [0.5, 0.6) is 0 Å².